The van der Waals surface area contributed by atoms with Crippen LogP contribution in [0.25, 0.3) is 0 Å². The van der Waals surface area contributed by atoms with Gasteiger partial charge in [-0.2, -0.15) is 0 Å². The molecule has 1 aliphatic rings. The third-order valence-electron chi connectivity index (χ3n) is 6.04. The van der Waals surface area contributed by atoms with Gasteiger partial charge in [-0.25, -0.2) is 4.39 Å². The first kappa shape index (κ1) is 28.4. The van der Waals surface area contributed by atoms with Gasteiger partial charge in [0.1, 0.15) is 17.3 Å². The summed E-state index contributed by atoms with van der Waals surface area (Å²) in [4.78, 5) is 28.6. The molecule has 1 saturated heterocycles. The summed E-state index contributed by atoms with van der Waals surface area (Å²) >= 11 is 0. The maximum Gasteiger partial charge on any atom is 0.256 e. The summed E-state index contributed by atoms with van der Waals surface area (Å²) in [7, 11) is 0. The number of carbonyl (C=O) groups is 1. The second kappa shape index (κ2) is 13.3. The number of carbonyl (C=O) groups excluding carboxylic acids is 1. The number of piperidine rings is 1. The number of ether oxygens (including phenoxy) is 1. The molecule has 35 heavy (non-hydrogen) atoms. The van der Waals surface area contributed by atoms with Crippen LogP contribution < -0.4 is 16.0 Å². The van der Waals surface area contributed by atoms with Gasteiger partial charge in [0.15, 0.2) is 0 Å². The van der Waals surface area contributed by atoms with Crippen LogP contribution in [0.4, 0.5) is 4.39 Å². The normalized spacial score (nSPS) is 13.5. The Labute approximate surface area is 216 Å². The van der Waals surface area contributed by atoms with Gasteiger partial charge in [0.05, 0.1) is 5.56 Å². The van der Waals surface area contributed by atoms with E-state index in [1.54, 1.807) is 11.1 Å². The Balaban J connectivity index is 0.00000216. The molecule has 0 radical (unpaired) electrons. The fourth-order valence-electron chi connectivity index (χ4n) is 4.17. The summed E-state index contributed by atoms with van der Waals surface area (Å²) in [5.74, 6) is 0.574. The standard InChI is InChI=1S/C26H28FN3O3.2ClH/c27-24-7-6-22(33-21-4-1-18(2-5-21)9-12-28)16-23(24)26(32)30-13-10-19(11-14-30)15-20-3-8-25(31)29-17-20;;/h1-8,16-17,19H,9-15,28H2,(H,29,31);2*1H. The lowest BCUT2D eigenvalue weighted by atomic mass is 9.90. The van der Waals surface area contributed by atoms with Gasteiger partial charge < -0.3 is 20.4 Å². The fraction of sp³-hybridized carbons (Fsp3) is 0.308. The minimum absolute atomic E-state index is 0. The number of hydrogen-bond donors (Lipinski definition) is 2. The lowest BCUT2D eigenvalue weighted by Gasteiger charge is -2.32. The Kier molecular flexibility index (Phi) is 10.8. The molecule has 0 aliphatic carbocycles. The quantitative estimate of drug-likeness (QED) is 0.469. The number of nitrogens with one attached hydrogen (secondary N) is 1. The monoisotopic (exact) mass is 521 g/mol. The van der Waals surface area contributed by atoms with Crippen molar-refractivity contribution in [2.45, 2.75) is 25.7 Å². The van der Waals surface area contributed by atoms with E-state index in [-0.39, 0.29) is 41.8 Å². The maximum absolute atomic E-state index is 14.5. The molecule has 3 N–H and O–H groups in total. The molecule has 2 aromatic carbocycles. The number of amides is 1. The van der Waals surface area contributed by atoms with Gasteiger partial charge >= 0.3 is 0 Å². The zero-order chi connectivity index (χ0) is 23.2. The number of hydrogen-bond acceptors (Lipinski definition) is 4. The number of nitrogens with two attached hydrogens (primary N) is 1. The summed E-state index contributed by atoms with van der Waals surface area (Å²) in [6.07, 6.45) is 5.04. The van der Waals surface area contributed by atoms with Crippen LogP contribution in [0.3, 0.4) is 0 Å². The Morgan fingerprint density at radius 3 is 2.29 bits per heavy atom. The highest BCUT2D eigenvalue weighted by Crippen LogP contribution is 2.27. The van der Waals surface area contributed by atoms with E-state index in [1.807, 2.05) is 30.3 Å². The number of H-pyrrole nitrogens is 1. The molecular formula is C26H30Cl2FN3O3. The minimum Gasteiger partial charge on any atom is -0.457 e. The van der Waals surface area contributed by atoms with Crippen molar-refractivity contribution < 1.29 is 13.9 Å². The van der Waals surface area contributed by atoms with Crippen molar-refractivity contribution in [3.05, 3.63) is 93.7 Å². The van der Waals surface area contributed by atoms with Gasteiger partial charge in [0, 0.05) is 25.4 Å². The van der Waals surface area contributed by atoms with E-state index >= 15 is 0 Å². The average molecular weight is 522 g/mol. The fourth-order valence-corrected chi connectivity index (χ4v) is 4.17. The summed E-state index contributed by atoms with van der Waals surface area (Å²) in [6.45, 7) is 1.72. The third kappa shape index (κ3) is 7.56. The van der Waals surface area contributed by atoms with Crippen LogP contribution in [0.2, 0.25) is 0 Å². The van der Waals surface area contributed by atoms with Crippen LogP contribution in [0.1, 0.15) is 34.3 Å². The molecule has 1 fully saturated rings. The number of likely N-dealkylation sites (tertiary alicyclic amines) is 1. The first-order valence-corrected chi connectivity index (χ1v) is 11.2. The summed E-state index contributed by atoms with van der Waals surface area (Å²) in [5.41, 5.74) is 7.67. The van der Waals surface area contributed by atoms with Crippen LogP contribution in [-0.2, 0) is 12.8 Å². The molecule has 0 saturated carbocycles. The molecule has 3 aromatic rings. The number of aromatic amines is 1. The SMILES string of the molecule is Cl.Cl.NCCc1ccc(Oc2ccc(F)c(C(=O)N3CCC(Cc4ccc(=O)[nH]c4)CC3)c2)cc1. The van der Waals surface area contributed by atoms with Crippen molar-refractivity contribution in [3.8, 4) is 11.5 Å². The smallest absolute Gasteiger partial charge is 0.256 e. The second-order valence-electron chi connectivity index (χ2n) is 8.43. The first-order chi connectivity index (χ1) is 16.0. The Morgan fingerprint density at radius 1 is 1.00 bits per heavy atom. The molecular weight excluding hydrogens is 492 g/mol. The van der Waals surface area contributed by atoms with Crippen molar-refractivity contribution >= 4 is 30.7 Å². The Hall–Kier alpha value is -2.87. The van der Waals surface area contributed by atoms with Crippen molar-refractivity contribution in [2.24, 2.45) is 11.7 Å². The number of rotatable bonds is 7. The van der Waals surface area contributed by atoms with Crippen molar-refractivity contribution in [3.63, 3.8) is 0 Å². The van der Waals surface area contributed by atoms with E-state index in [0.29, 0.717) is 37.1 Å². The highest BCUT2D eigenvalue weighted by molar-refractivity contribution is 5.95. The van der Waals surface area contributed by atoms with Gasteiger partial charge in [-0.3, -0.25) is 9.59 Å². The lowest BCUT2D eigenvalue weighted by molar-refractivity contribution is 0.0685. The van der Waals surface area contributed by atoms with Crippen LogP contribution in [0.5, 0.6) is 11.5 Å². The molecule has 6 nitrogen and oxygen atoms in total. The molecule has 0 unspecified atom stereocenters. The van der Waals surface area contributed by atoms with E-state index in [2.05, 4.69) is 4.98 Å². The number of halogens is 3. The first-order valence-electron chi connectivity index (χ1n) is 11.2. The van der Waals surface area contributed by atoms with Crippen molar-refractivity contribution in [1.29, 1.82) is 0 Å². The van der Waals surface area contributed by atoms with Gasteiger partial charge in [-0.1, -0.05) is 18.2 Å². The number of pyridine rings is 1. The van der Waals surface area contributed by atoms with Crippen molar-refractivity contribution in [2.75, 3.05) is 19.6 Å². The molecule has 0 spiro atoms. The van der Waals surface area contributed by atoms with Gasteiger partial charge in [0.25, 0.3) is 5.91 Å². The van der Waals surface area contributed by atoms with E-state index in [9.17, 15) is 14.0 Å². The predicted octanol–water partition coefficient (Wildman–Crippen LogP) is 4.75. The van der Waals surface area contributed by atoms with Gasteiger partial charge in [-0.05, 0) is 79.6 Å². The topological polar surface area (TPSA) is 88.4 Å². The predicted molar refractivity (Wildman–Crippen MR) is 140 cm³/mol. The number of aromatic nitrogens is 1. The molecule has 0 bridgehead atoms. The summed E-state index contributed by atoms with van der Waals surface area (Å²) < 4.78 is 20.3. The number of benzene rings is 2. The van der Waals surface area contributed by atoms with Crippen LogP contribution in [0.15, 0.2) is 65.6 Å². The third-order valence-corrected chi connectivity index (χ3v) is 6.04. The van der Waals surface area contributed by atoms with E-state index in [0.717, 1.165) is 36.8 Å². The molecule has 1 amide bonds. The molecule has 0 atom stereocenters. The Morgan fingerprint density at radius 2 is 1.66 bits per heavy atom. The maximum atomic E-state index is 14.5. The highest BCUT2D eigenvalue weighted by Gasteiger charge is 2.26. The highest BCUT2D eigenvalue weighted by atomic mass is 35.5. The molecule has 188 valence electrons. The average Bonchev–Trinajstić information content (AvgIpc) is 2.83. The van der Waals surface area contributed by atoms with Gasteiger partial charge in [-0.15, -0.1) is 24.8 Å². The summed E-state index contributed by atoms with van der Waals surface area (Å²) in [6, 6.07) is 15.2. The second-order valence-corrected chi connectivity index (χ2v) is 8.43. The lowest BCUT2D eigenvalue weighted by Crippen LogP contribution is -2.39. The number of nitrogens with zero attached hydrogens (tertiary/aromatic N) is 1. The van der Waals surface area contributed by atoms with Crippen LogP contribution >= 0.6 is 24.8 Å². The van der Waals surface area contributed by atoms with E-state index in [1.165, 1.54) is 24.3 Å². The molecule has 2 heterocycles. The molecule has 4 rings (SSSR count). The van der Waals surface area contributed by atoms with Gasteiger partial charge in [0.2, 0.25) is 5.56 Å². The van der Waals surface area contributed by atoms with E-state index in [4.69, 9.17) is 10.5 Å². The zero-order valence-corrected chi connectivity index (χ0v) is 20.9. The molecule has 1 aliphatic heterocycles. The minimum atomic E-state index is -0.555. The zero-order valence-electron chi connectivity index (χ0n) is 19.2. The molecule has 1 aromatic heterocycles. The largest absolute Gasteiger partial charge is 0.457 e. The van der Waals surface area contributed by atoms with Crippen LogP contribution in [-0.4, -0.2) is 35.4 Å². The van der Waals surface area contributed by atoms with Crippen LogP contribution in [0, 0.1) is 11.7 Å². The van der Waals surface area contributed by atoms with Crippen molar-refractivity contribution in [1.82, 2.24) is 9.88 Å². The Bertz CT molecular complexity index is 1140. The summed E-state index contributed by atoms with van der Waals surface area (Å²) in [5, 5.41) is 0. The molecule has 9 heteroatoms. The van der Waals surface area contributed by atoms with E-state index < -0.39 is 5.82 Å².